The lowest BCUT2D eigenvalue weighted by Gasteiger charge is -2.32. The third-order valence-electron chi connectivity index (χ3n) is 3.97. The van der Waals surface area contributed by atoms with Crippen molar-refractivity contribution in [3.05, 3.63) is 25.3 Å². The quantitative estimate of drug-likeness (QED) is 0.265. The van der Waals surface area contributed by atoms with Crippen molar-refractivity contribution in [3.8, 4) is 0 Å². The maximum absolute atomic E-state index is 10.3. The van der Waals surface area contributed by atoms with E-state index in [-0.39, 0.29) is 6.42 Å². The fraction of sp³-hybridized carbons (Fsp3) is 0.722. The number of hydrogen-bond donors (Lipinski definition) is 0. The number of quaternary nitrogens is 1. The predicted molar refractivity (Wildman–Crippen MR) is 87.7 cm³/mol. The Morgan fingerprint density at radius 3 is 1.76 bits per heavy atom. The van der Waals surface area contributed by atoms with Crippen LogP contribution in [0.15, 0.2) is 25.3 Å². The third kappa shape index (κ3) is 12.4. The number of carboxylic acids is 1. The highest BCUT2D eigenvalue weighted by molar-refractivity contribution is 5.63. The first-order valence-electron chi connectivity index (χ1n) is 8.29. The predicted octanol–water partition coefficient (Wildman–Crippen LogP) is 3.07. The second-order valence-electron chi connectivity index (χ2n) is 6.24. The molecule has 0 fully saturated rings. The number of aliphatic carboxylic acids is 1. The lowest BCUT2D eigenvalue weighted by molar-refractivity contribution is -0.898. The molecule has 0 aliphatic rings. The average molecular weight is 295 g/mol. The van der Waals surface area contributed by atoms with Gasteiger partial charge in [-0.1, -0.05) is 45.3 Å². The number of carboxylic acid groups (broad SMARTS) is 1. The van der Waals surface area contributed by atoms with E-state index in [1.54, 1.807) is 0 Å². The summed E-state index contributed by atoms with van der Waals surface area (Å²) in [4.78, 5) is 10.3. The van der Waals surface area contributed by atoms with E-state index in [0.29, 0.717) is 0 Å². The van der Waals surface area contributed by atoms with E-state index in [1.807, 2.05) is 12.2 Å². The minimum absolute atomic E-state index is 0.211. The van der Waals surface area contributed by atoms with Crippen LogP contribution in [0.25, 0.3) is 0 Å². The molecule has 0 unspecified atom stereocenters. The number of likely N-dealkylation sites (N-methyl/N-ethyl adjacent to an activating group) is 1. The number of hydrogen-bond acceptors (Lipinski definition) is 2. The summed E-state index contributed by atoms with van der Waals surface area (Å²) in [5, 5.41) is 10.3. The van der Waals surface area contributed by atoms with Crippen molar-refractivity contribution in [3.63, 3.8) is 0 Å². The van der Waals surface area contributed by atoms with Crippen molar-refractivity contribution in [1.29, 1.82) is 0 Å². The minimum Gasteiger partial charge on any atom is -0.550 e. The van der Waals surface area contributed by atoms with Gasteiger partial charge in [0.15, 0.2) is 0 Å². The van der Waals surface area contributed by atoms with Gasteiger partial charge in [0.2, 0.25) is 0 Å². The van der Waals surface area contributed by atoms with Gasteiger partial charge in [0.25, 0.3) is 0 Å². The van der Waals surface area contributed by atoms with E-state index in [4.69, 9.17) is 0 Å². The number of carbonyl (C=O) groups is 1. The summed E-state index contributed by atoms with van der Waals surface area (Å²) in [6, 6.07) is 0. The topological polar surface area (TPSA) is 40.1 Å². The second-order valence-corrected chi connectivity index (χ2v) is 6.24. The van der Waals surface area contributed by atoms with Gasteiger partial charge in [0.1, 0.15) is 0 Å². The van der Waals surface area contributed by atoms with Crippen LogP contribution in [0.2, 0.25) is 0 Å². The summed E-state index contributed by atoms with van der Waals surface area (Å²) < 4.78 is 1.01. The van der Waals surface area contributed by atoms with Gasteiger partial charge in [0, 0.05) is 5.97 Å². The molecule has 0 aromatic heterocycles. The maximum atomic E-state index is 10.3. The third-order valence-corrected chi connectivity index (χ3v) is 3.97. The lowest BCUT2D eigenvalue weighted by Crippen LogP contribution is -2.44. The van der Waals surface area contributed by atoms with Crippen LogP contribution in [0.3, 0.4) is 0 Å². The first-order chi connectivity index (χ1) is 10.0. The Morgan fingerprint density at radius 1 is 0.905 bits per heavy atom. The number of carbonyl (C=O) groups excluding carboxylic acids is 1. The Hall–Kier alpha value is -1.09. The highest BCUT2D eigenvalue weighted by atomic mass is 16.4. The molecule has 0 aliphatic carbocycles. The molecule has 0 heterocycles. The lowest BCUT2D eigenvalue weighted by atomic mass is 10.1. The summed E-state index contributed by atoms with van der Waals surface area (Å²) in [6.07, 6.45) is 13.4. The molecule has 0 bridgehead atoms. The van der Waals surface area contributed by atoms with Gasteiger partial charge < -0.3 is 14.4 Å². The maximum Gasteiger partial charge on any atom is 0.0971 e. The molecule has 0 radical (unpaired) electrons. The first-order valence-corrected chi connectivity index (χ1v) is 8.29. The molecule has 3 heteroatoms. The smallest absolute Gasteiger partial charge is 0.0971 e. The molecular weight excluding hydrogens is 262 g/mol. The zero-order valence-electron chi connectivity index (χ0n) is 13.8. The monoisotopic (exact) mass is 295 g/mol. The average Bonchev–Trinajstić information content (AvgIpc) is 2.41. The SMILES string of the molecule is C=CC[N+](C)(CC=C)CCCCCCCCCCC(=O)[O-]. The van der Waals surface area contributed by atoms with Crippen molar-refractivity contribution >= 4 is 5.97 Å². The van der Waals surface area contributed by atoms with Crippen LogP contribution in [0.5, 0.6) is 0 Å². The molecule has 0 atom stereocenters. The fourth-order valence-corrected chi connectivity index (χ4v) is 2.70. The first kappa shape index (κ1) is 19.9. The van der Waals surface area contributed by atoms with Gasteiger partial charge in [-0.15, -0.1) is 0 Å². The Kier molecular flexibility index (Phi) is 12.0. The van der Waals surface area contributed by atoms with Crippen LogP contribution in [0.1, 0.15) is 57.8 Å². The molecule has 122 valence electrons. The van der Waals surface area contributed by atoms with E-state index in [9.17, 15) is 9.90 Å². The summed E-state index contributed by atoms with van der Waals surface area (Å²) >= 11 is 0. The van der Waals surface area contributed by atoms with Gasteiger partial charge >= 0.3 is 0 Å². The van der Waals surface area contributed by atoms with E-state index >= 15 is 0 Å². The molecular formula is C18H33NO2. The summed E-state index contributed by atoms with van der Waals surface area (Å²) in [5.41, 5.74) is 0. The van der Waals surface area contributed by atoms with Gasteiger partial charge in [-0.25, -0.2) is 0 Å². The molecule has 0 N–H and O–H groups in total. The molecule has 0 aromatic rings. The molecule has 0 aromatic carbocycles. The van der Waals surface area contributed by atoms with Crippen LogP contribution in [-0.2, 0) is 4.79 Å². The van der Waals surface area contributed by atoms with Crippen LogP contribution in [0, 0.1) is 0 Å². The van der Waals surface area contributed by atoms with Gasteiger partial charge in [-0.05, 0) is 37.8 Å². The van der Waals surface area contributed by atoms with Gasteiger partial charge in [-0.2, -0.15) is 0 Å². The van der Waals surface area contributed by atoms with E-state index in [0.717, 1.165) is 36.8 Å². The summed E-state index contributed by atoms with van der Waals surface area (Å²) in [5.74, 6) is -0.921. The zero-order valence-corrected chi connectivity index (χ0v) is 13.8. The molecule has 0 amide bonds. The normalized spacial score (nSPS) is 11.3. The highest BCUT2D eigenvalue weighted by Gasteiger charge is 2.16. The number of unbranched alkanes of at least 4 members (excludes halogenated alkanes) is 7. The fourth-order valence-electron chi connectivity index (χ4n) is 2.70. The van der Waals surface area contributed by atoms with Crippen LogP contribution in [-0.4, -0.2) is 37.1 Å². The molecule has 0 saturated heterocycles. The van der Waals surface area contributed by atoms with Crippen molar-refractivity contribution in [2.24, 2.45) is 0 Å². The van der Waals surface area contributed by atoms with Crippen LogP contribution >= 0.6 is 0 Å². The molecule has 21 heavy (non-hydrogen) atoms. The minimum atomic E-state index is -0.921. The number of nitrogens with zero attached hydrogens (tertiary/aromatic N) is 1. The molecule has 3 nitrogen and oxygen atoms in total. The Bertz CT molecular complexity index is 290. The Labute approximate surface area is 130 Å². The number of rotatable bonds is 15. The van der Waals surface area contributed by atoms with Crippen molar-refractivity contribution in [1.82, 2.24) is 0 Å². The standard InChI is InChI=1S/C18H33NO2/c1-4-15-19(3,16-5-2)17-13-11-9-7-6-8-10-12-14-18(20)21/h4-5H,1-2,6-17H2,3H3. The van der Waals surface area contributed by atoms with Crippen molar-refractivity contribution in [2.75, 3.05) is 26.7 Å². The van der Waals surface area contributed by atoms with E-state index in [2.05, 4.69) is 20.2 Å². The Morgan fingerprint density at radius 2 is 1.33 bits per heavy atom. The van der Waals surface area contributed by atoms with E-state index < -0.39 is 5.97 Å². The molecule has 0 aliphatic heterocycles. The summed E-state index contributed by atoms with van der Waals surface area (Å²) in [7, 11) is 2.26. The van der Waals surface area contributed by atoms with Crippen molar-refractivity contribution < 1.29 is 14.4 Å². The second kappa shape index (κ2) is 12.6. The molecule has 0 rings (SSSR count). The van der Waals surface area contributed by atoms with Crippen LogP contribution in [0.4, 0.5) is 0 Å². The molecule has 0 saturated carbocycles. The van der Waals surface area contributed by atoms with Crippen LogP contribution < -0.4 is 5.11 Å². The van der Waals surface area contributed by atoms with E-state index in [1.165, 1.54) is 38.6 Å². The zero-order chi connectivity index (χ0) is 16.0. The molecule has 0 spiro atoms. The Balaban J connectivity index is 3.47. The largest absolute Gasteiger partial charge is 0.550 e. The van der Waals surface area contributed by atoms with Crippen molar-refractivity contribution in [2.45, 2.75) is 57.8 Å². The van der Waals surface area contributed by atoms with Gasteiger partial charge in [0.05, 0.1) is 26.7 Å². The van der Waals surface area contributed by atoms with Gasteiger partial charge in [-0.3, -0.25) is 0 Å². The highest BCUT2D eigenvalue weighted by Crippen LogP contribution is 2.12. The summed E-state index contributed by atoms with van der Waals surface area (Å²) in [6.45, 7) is 10.9.